The highest BCUT2D eigenvalue weighted by Crippen LogP contribution is 2.39. The highest BCUT2D eigenvalue weighted by Gasteiger charge is 2.32. The highest BCUT2D eigenvalue weighted by molar-refractivity contribution is 7.91. The molecule has 9 heterocycles. The summed E-state index contributed by atoms with van der Waals surface area (Å²) in [6, 6.07) is 34.0. The zero-order valence-electron chi connectivity index (χ0n) is 64.3. The molecule has 0 aliphatic carbocycles. The number of nitrogens with one attached hydrogen (secondary N) is 9. The van der Waals surface area contributed by atoms with Crippen LogP contribution in [0.15, 0.2) is 160 Å². The lowest BCUT2D eigenvalue weighted by molar-refractivity contribution is 0.0701. The third kappa shape index (κ3) is 26.1. The number of nitrogens with zero attached hydrogens (tertiary/aromatic N) is 4. The summed E-state index contributed by atoms with van der Waals surface area (Å²) in [7, 11) is -1.20. The van der Waals surface area contributed by atoms with Gasteiger partial charge in [-0.3, -0.25) is 39.1 Å². The zero-order valence-corrected chi connectivity index (χ0v) is 68.4. The summed E-state index contributed by atoms with van der Waals surface area (Å²) >= 11 is 3.80. The second-order valence-corrected chi connectivity index (χ2v) is 36.0. The summed E-state index contributed by atoms with van der Waals surface area (Å²) in [5, 5.41) is 30.7. The Labute approximate surface area is 668 Å². The summed E-state index contributed by atoms with van der Waals surface area (Å²) in [6.45, 7) is 19.6. The number of thiophene rings is 3. The van der Waals surface area contributed by atoms with Crippen LogP contribution in [0.4, 0.5) is 38.0 Å². The summed E-state index contributed by atoms with van der Waals surface area (Å²) < 4.78 is 66.9. The molecule has 7 aromatic heterocycles. The zero-order chi connectivity index (χ0) is 83.5. The lowest BCUT2D eigenvalue weighted by Gasteiger charge is -2.26. The van der Waals surface area contributed by atoms with Crippen LogP contribution in [0.25, 0.3) is 10.2 Å². The quantitative estimate of drug-likeness (QED) is 0.0425. The van der Waals surface area contributed by atoms with Crippen molar-refractivity contribution in [2.24, 2.45) is 0 Å². The SMILES string of the molecule is CC(C)(C)c1cc2[nH]c(=O)oc(=O)c2s1.CNC(=O)c1cc(Oc2ccc(N)cc2)ccn1.CNC(=O)c1cc(Oc2ccc(NC(=O)Nc3cc(C(C)(C)C)sc3C(=O)N3CCS(=O)(=O)CC3)cc2)ccn1.CNC(=O)c1cc(Oc2ccc(NC(=O)Nc3cc(C(C)(C)C)sc3C(=O)O)cc2)ccn1.O=S1(=O)CCNCC1. The van der Waals surface area contributed by atoms with Crippen molar-refractivity contribution in [2.75, 3.05) is 97.3 Å². The fourth-order valence-electron chi connectivity index (χ4n) is 9.94. The van der Waals surface area contributed by atoms with E-state index in [0.29, 0.717) is 103 Å². The average Bonchev–Trinajstić information content (AvgIpc) is 1.62. The lowest BCUT2D eigenvalue weighted by Crippen LogP contribution is -2.43. The Morgan fingerprint density at radius 3 is 1.23 bits per heavy atom. The molecular formula is C77H88N14O18S5. The Bertz CT molecular complexity index is 5450. The van der Waals surface area contributed by atoms with Crippen LogP contribution in [0.1, 0.15) is 128 Å². The number of aromatic amines is 1. The number of H-pyrrole nitrogens is 1. The largest absolute Gasteiger partial charge is 0.477 e. The number of carboxylic acids is 1. The van der Waals surface area contributed by atoms with Crippen LogP contribution < -0.4 is 73.9 Å². The molecule has 3 aromatic carbocycles. The predicted molar refractivity (Wildman–Crippen MR) is 441 cm³/mol. The first-order valence-corrected chi connectivity index (χ1v) is 41.2. The van der Waals surface area contributed by atoms with Crippen molar-refractivity contribution in [1.29, 1.82) is 0 Å². The van der Waals surface area contributed by atoms with E-state index in [1.807, 2.05) is 47.6 Å². The molecule has 114 heavy (non-hydrogen) atoms. The molecule has 0 unspecified atom stereocenters. The van der Waals surface area contributed by atoms with Gasteiger partial charge in [-0.25, -0.2) is 40.8 Å². The molecule has 2 aliphatic heterocycles. The number of hydrogen-bond donors (Lipinski definition) is 11. The number of carbonyl (C=O) groups excluding carboxylic acids is 6. The molecule has 0 radical (unpaired) electrons. The van der Waals surface area contributed by atoms with Crippen molar-refractivity contribution in [3.05, 3.63) is 208 Å². The number of fused-ring (bicyclic) bond motifs is 1. The van der Waals surface area contributed by atoms with Crippen molar-refractivity contribution in [3.8, 4) is 34.5 Å². The van der Waals surface area contributed by atoms with Crippen molar-refractivity contribution < 1.29 is 74.1 Å². The molecule has 12 rings (SSSR count). The van der Waals surface area contributed by atoms with E-state index in [4.69, 9.17) is 19.9 Å². The van der Waals surface area contributed by atoms with E-state index >= 15 is 0 Å². The third-order valence-corrected chi connectivity index (χ3v) is 24.0. The molecule has 604 valence electrons. The van der Waals surface area contributed by atoms with Gasteiger partial charge in [-0.1, -0.05) is 62.3 Å². The fourth-order valence-corrected chi connectivity index (χ4v) is 15.5. The van der Waals surface area contributed by atoms with Crippen molar-refractivity contribution in [1.82, 2.24) is 46.1 Å². The Morgan fingerprint density at radius 1 is 0.491 bits per heavy atom. The van der Waals surface area contributed by atoms with Gasteiger partial charge in [0.1, 0.15) is 66.0 Å². The number of pyridine rings is 3. The Morgan fingerprint density at radius 2 is 0.860 bits per heavy atom. The van der Waals surface area contributed by atoms with E-state index in [0.717, 1.165) is 26.0 Å². The number of rotatable bonds is 15. The van der Waals surface area contributed by atoms with Gasteiger partial charge in [0.05, 0.1) is 39.9 Å². The maximum Gasteiger partial charge on any atom is 0.419 e. The molecule has 2 fully saturated rings. The number of amides is 8. The van der Waals surface area contributed by atoms with Crippen LogP contribution in [0.5, 0.6) is 34.5 Å². The molecule has 8 amide bonds. The topological polar surface area (TPSA) is 463 Å². The Hall–Kier alpha value is -11.9. The minimum atomic E-state index is -3.14. The number of carbonyl (C=O) groups is 7. The number of nitrogen functional groups attached to an aromatic ring is 1. The van der Waals surface area contributed by atoms with E-state index in [9.17, 15) is 65.1 Å². The van der Waals surface area contributed by atoms with Crippen LogP contribution >= 0.6 is 34.0 Å². The Kier molecular flexibility index (Phi) is 29.7. The average molecular weight is 1660 g/mol. The minimum absolute atomic E-state index is 0.0347. The van der Waals surface area contributed by atoms with Crippen LogP contribution in [0.3, 0.4) is 0 Å². The van der Waals surface area contributed by atoms with Gasteiger partial charge < -0.3 is 76.9 Å². The van der Waals surface area contributed by atoms with Crippen molar-refractivity contribution in [3.63, 3.8) is 0 Å². The fraction of sp³-hybridized carbons (Fsp3) is 0.299. The summed E-state index contributed by atoms with van der Waals surface area (Å²) in [5.41, 5.74) is 8.09. The molecule has 12 N–H and O–H groups in total. The standard InChI is InChI=1S/C27H31N5O6S2.C23H24N4O5S.C13H13N3O2.C10H11NO3S.C4H9NO2S/c1-27(2,3)22-16-20(23(39-22)25(34)32-11-13-40(36,37)14-12-32)31-26(35)30-17-5-7-18(8-6-17)38-19-9-10-29-21(15-19)24(33)28-4;1-23(2,3)18-12-16(19(33-18)21(29)30)27-22(31)26-13-5-7-14(8-6-13)32-15-9-10-25-17(11-15)20(28)24-4;1-15-13(17)12-8-11(6-7-16-12)18-10-4-2-9(14)3-5-10;1-10(2,3)6-4-5-7(15-6)8(12)14-9(13)11-5;6-8(7)3-1-5-2-4-8/h5-10,15-16H,11-14H2,1-4H3,(H,28,33)(H2,30,31,35);5-12H,1-4H3,(H,24,28)(H,29,30)(H2,26,27,31);2-8H,14H2,1H3,(H,15,17);4H,1-3H3,(H,11,13);5H,1-4H2. The van der Waals surface area contributed by atoms with Gasteiger partial charge in [-0.05, 0) is 125 Å². The smallest absolute Gasteiger partial charge is 0.419 e. The molecule has 0 atom stereocenters. The number of nitrogens with two attached hydrogens (primary N) is 1. The molecule has 32 nitrogen and oxygen atoms in total. The predicted octanol–water partition coefficient (Wildman–Crippen LogP) is 11.7. The first-order valence-electron chi connectivity index (χ1n) is 35.1. The second kappa shape index (κ2) is 38.6. The van der Waals surface area contributed by atoms with E-state index in [2.05, 4.69) is 87.7 Å². The number of ether oxygens (including phenoxy) is 3. The number of urea groups is 2. The first kappa shape index (κ1) is 87.7. The van der Waals surface area contributed by atoms with E-state index in [1.165, 1.54) is 72.4 Å². The van der Waals surface area contributed by atoms with Gasteiger partial charge in [0.2, 0.25) is 0 Å². The molecule has 0 saturated carbocycles. The highest BCUT2D eigenvalue weighted by atomic mass is 32.2. The molecule has 2 aliphatic rings. The molecule has 2 saturated heterocycles. The maximum absolute atomic E-state index is 13.3. The monoisotopic (exact) mass is 1660 g/mol. The van der Waals surface area contributed by atoms with E-state index in [-0.39, 0.29) is 86.4 Å². The Balaban J connectivity index is 0.000000195. The normalized spacial score (nSPS) is 13.4. The van der Waals surface area contributed by atoms with Crippen molar-refractivity contribution in [2.45, 2.75) is 78.6 Å². The maximum atomic E-state index is 13.3. The van der Waals surface area contributed by atoms with Gasteiger partial charge in [0.15, 0.2) is 19.7 Å². The van der Waals surface area contributed by atoms with Crippen LogP contribution in [-0.4, -0.2) is 159 Å². The van der Waals surface area contributed by atoms with Crippen molar-refractivity contribution >= 4 is 134 Å². The summed E-state index contributed by atoms with van der Waals surface area (Å²) in [4.78, 5) is 127. The van der Waals surface area contributed by atoms with Crippen LogP contribution in [-0.2, 0) is 35.9 Å². The van der Waals surface area contributed by atoms with Gasteiger partial charge in [0, 0.05) is 116 Å². The summed E-state index contributed by atoms with van der Waals surface area (Å²) in [6.07, 6.45) is 4.47. The van der Waals surface area contributed by atoms with Gasteiger partial charge in [-0.15, -0.1) is 34.0 Å². The van der Waals surface area contributed by atoms with Gasteiger partial charge in [0.25, 0.3) is 23.6 Å². The molecule has 0 bridgehead atoms. The molecule has 37 heteroatoms. The van der Waals surface area contributed by atoms with Gasteiger partial charge >= 0.3 is 29.4 Å². The molecule has 10 aromatic rings. The lowest BCUT2D eigenvalue weighted by atomic mass is 9.94. The number of aromatic nitrogens is 4. The molecule has 0 spiro atoms. The van der Waals surface area contributed by atoms with Gasteiger partial charge in [-0.2, -0.15) is 0 Å². The molecular weight excluding hydrogens is 1570 g/mol. The van der Waals surface area contributed by atoms with Crippen LogP contribution in [0, 0.1) is 0 Å². The number of hydrogen-bond acceptors (Lipinski definition) is 25. The van der Waals surface area contributed by atoms with E-state index < -0.39 is 49.1 Å². The number of benzene rings is 3. The number of sulfone groups is 2. The number of carboxylic acid groups (broad SMARTS) is 1. The second-order valence-electron chi connectivity index (χ2n) is 28.2. The number of aromatic carboxylic acids is 1. The minimum Gasteiger partial charge on any atom is -0.477 e. The first-order chi connectivity index (χ1) is 53.7. The third-order valence-electron chi connectivity index (χ3n) is 16.1. The summed E-state index contributed by atoms with van der Waals surface area (Å²) in [5.74, 6) is 0.534. The number of anilines is 5. The van der Waals surface area contributed by atoms with Crippen LogP contribution in [0.2, 0.25) is 0 Å². The van der Waals surface area contributed by atoms with E-state index in [1.54, 1.807) is 116 Å².